The number of aromatic nitrogens is 6. The molecule has 1 aliphatic heterocycles. The first-order valence-corrected chi connectivity index (χ1v) is 10.7. The van der Waals surface area contributed by atoms with Gasteiger partial charge in [0.25, 0.3) is 0 Å². The molecule has 158 valence electrons. The maximum Gasteiger partial charge on any atom is 0.149 e. The lowest BCUT2D eigenvalue weighted by molar-refractivity contribution is 0.405. The number of hydrogen-bond acceptors (Lipinski definition) is 6. The van der Waals surface area contributed by atoms with E-state index in [0.717, 1.165) is 49.3 Å². The Kier molecular flexibility index (Phi) is 5.41. The number of fused-ring (bicyclic) bond motifs is 1. The second kappa shape index (κ2) is 8.36. The van der Waals surface area contributed by atoms with Gasteiger partial charge in [-0.1, -0.05) is 35.3 Å². The summed E-state index contributed by atoms with van der Waals surface area (Å²) < 4.78 is 14.7. The predicted octanol–water partition coefficient (Wildman–Crippen LogP) is 4.71. The van der Waals surface area contributed by atoms with Gasteiger partial charge in [-0.25, -0.2) is 19.5 Å². The number of nitrogens with zero attached hydrogens (tertiary/aromatic N) is 6. The van der Waals surface area contributed by atoms with E-state index in [4.69, 9.17) is 23.2 Å². The molecule has 1 unspecified atom stereocenters. The molecule has 1 atom stereocenters. The molecular formula is C21H18Cl2FN7. The number of piperidine rings is 1. The Morgan fingerprint density at radius 2 is 2.03 bits per heavy atom. The Bertz CT molecular complexity index is 1230. The molecule has 2 aromatic carbocycles. The van der Waals surface area contributed by atoms with Crippen LogP contribution in [0.5, 0.6) is 0 Å². The van der Waals surface area contributed by atoms with Crippen molar-refractivity contribution in [2.75, 3.05) is 18.0 Å². The molecule has 0 spiro atoms. The van der Waals surface area contributed by atoms with E-state index >= 15 is 0 Å². The Labute approximate surface area is 187 Å². The highest BCUT2D eigenvalue weighted by Crippen LogP contribution is 2.38. The minimum absolute atomic E-state index is 0.287. The summed E-state index contributed by atoms with van der Waals surface area (Å²) in [7, 11) is 0. The second-order valence-electron chi connectivity index (χ2n) is 7.65. The van der Waals surface area contributed by atoms with E-state index < -0.39 is 0 Å². The first-order valence-electron chi connectivity index (χ1n) is 9.96. The lowest BCUT2D eigenvalue weighted by Crippen LogP contribution is -2.37. The van der Waals surface area contributed by atoms with E-state index in [1.54, 1.807) is 18.2 Å². The van der Waals surface area contributed by atoms with Crippen LogP contribution in [0.15, 0.2) is 36.7 Å². The fourth-order valence-corrected chi connectivity index (χ4v) is 4.53. The normalized spacial score (nSPS) is 16.7. The summed E-state index contributed by atoms with van der Waals surface area (Å²) in [6, 6.07) is 8.55. The molecule has 0 saturated carbocycles. The fourth-order valence-electron chi connectivity index (χ4n) is 4.23. The van der Waals surface area contributed by atoms with Gasteiger partial charge in [0, 0.05) is 19.5 Å². The number of anilines is 1. The molecule has 10 heteroatoms. The third-order valence-electron chi connectivity index (χ3n) is 5.64. The van der Waals surface area contributed by atoms with Gasteiger partial charge in [0.15, 0.2) is 0 Å². The highest BCUT2D eigenvalue weighted by atomic mass is 35.5. The number of halogens is 3. The van der Waals surface area contributed by atoms with E-state index in [2.05, 4.69) is 35.5 Å². The zero-order chi connectivity index (χ0) is 21.4. The number of hydrogen-bond donors (Lipinski definition) is 1. The minimum Gasteiger partial charge on any atom is -0.356 e. The Morgan fingerprint density at radius 3 is 2.84 bits per heavy atom. The summed E-state index contributed by atoms with van der Waals surface area (Å²) in [4.78, 5) is 11.0. The van der Waals surface area contributed by atoms with Crippen molar-refractivity contribution in [3.8, 4) is 11.1 Å². The van der Waals surface area contributed by atoms with Gasteiger partial charge >= 0.3 is 0 Å². The van der Waals surface area contributed by atoms with E-state index in [9.17, 15) is 4.39 Å². The monoisotopic (exact) mass is 457 g/mol. The van der Waals surface area contributed by atoms with Crippen molar-refractivity contribution in [3.05, 3.63) is 58.3 Å². The van der Waals surface area contributed by atoms with Gasteiger partial charge < -0.3 is 4.90 Å². The van der Waals surface area contributed by atoms with Crippen LogP contribution in [-0.2, 0) is 6.42 Å². The average molecular weight is 458 g/mol. The third-order valence-corrected chi connectivity index (χ3v) is 6.38. The minimum atomic E-state index is -0.385. The van der Waals surface area contributed by atoms with E-state index in [1.807, 2.05) is 6.07 Å². The summed E-state index contributed by atoms with van der Waals surface area (Å²) in [6.45, 7) is 1.60. The van der Waals surface area contributed by atoms with Crippen molar-refractivity contribution in [1.82, 2.24) is 30.6 Å². The molecule has 7 nitrogen and oxygen atoms in total. The van der Waals surface area contributed by atoms with E-state index in [0.29, 0.717) is 27.2 Å². The van der Waals surface area contributed by atoms with Gasteiger partial charge in [0.05, 0.1) is 15.4 Å². The summed E-state index contributed by atoms with van der Waals surface area (Å²) >= 11 is 12.4. The highest BCUT2D eigenvalue weighted by Gasteiger charge is 2.25. The molecule has 0 radical (unpaired) electrons. The molecule has 5 rings (SSSR count). The van der Waals surface area contributed by atoms with Gasteiger partial charge in [-0.2, -0.15) is 0 Å². The number of nitrogens with one attached hydrogen (secondary N) is 1. The molecule has 0 aliphatic carbocycles. The molecule has 1 N–H and O–H groups in total. The van der Waals surface area contributed by atoms with Crippen LogP contribution >= 0.6 is 23.2 Å². The maximum atomic E-state index is 14.7. The van der Waals surface area contributed by atoms with Gasteiger partial charge in [0.2, 0.25) is 0 Å². The molecule has 3 heterocycles. The fraction of sp³-hybridized carbons (Fsp3) is 0.286. The number of H-pyrrole nitrogens is 1. The van der Waals surface area contributed by atoms with Gasteiger partial charge in [0.1, 0.15) is 29.3 Å². The molecule has 0 amide bonds. The smallest absolute Gasteiger partial charge is 0.149 e. The molecule has 4 aromatic rings. The van der Waals surface area contributed by atoms with Crippen molar-refractivity contribution in [2.45, 2.75) is 19.3 Å². The number of benzene rings is 2. The molecule has 1 saturated heterocycles. The Hall–Kier alpha value is -2.84. The van der Waals surface area contributed by atoms with Crippen LogP contribution in [-0.4, -0.2) is 43.7 Å². The van der Waals surface area contributed by atoms with Crippen molar-refractivity contribution in [2.24, 2.45) is 5.92 Å². The molecular weight excluding hydrogens is 440 g/mol. The van der Waals surface area contributed by atoms with Crippen molar-refractivity contribution in [3.63, 3.8) is 0 Å². The summed E-state index contributed by atoms with van der Waals surface area (Å²) in [5.41, 5.74) is 1.93. The largest absolute Gasteiger partial charge is 0.356 e. The van der Waals surface area contributed by atoms with Crippen molar-refractivity contribution in [1.29, 1.82) is 0 Å². The molecule has 31 heavy (non-hydrogen) atoms. The SMILES string of the molecule is Fc1ccc(-c2ccc(Cl)c(Cl)c2)c2c(N3CCCC(Cc4nnn[nH]4)C3)ncnc12. The Balaban J connectivity index is 1.58. The third kappa shape index (κ3) is 3.93. The lowest BCUT2D eigenvalue weighted by Gasteiger charge is -2.34. The van der Waals surface area contributed by atoms with Crippen molar-refractivity contribution < 1.29 is 4.39 Å². The zero-order valence-corrected chi connectivity index (χ0v) is 17.9. The van der Waals surface area contributed by atoms with Gasteiger partial charge in [-0.3, -0.25) is 0 Å². The zero-order valence-electron chi connectivity index (χ0n) is 16.4. The van der Waals surface area contributed by atoms with Crippen LogP contribution in [0.2, 0.25) is 10.0 Å². The number of rotatable bonds is 4. The quantitative estimate of drug-likeness (QED) is 0.477. The standard InChI is InChI=1S/C21H18Cl2FN7/c22-15-5-3-13(9-16(15)23)14-4-6-17(24)20-19(14)21(26-11-25-20)31-7-1-2-12(10-31)8-18-27-29-30-28-18/h3-6,9,11-12H,1-2,7-8,10H2,(H,27,28,29,30). The van der Waals surface area contributed by atoms with Crippen LogP contribution in [0.25, 0.3) is 22.0 Å². The molecule has 0 bridgehead atoms. The van der Waals surface area contributed by atoms with Crippen LogP contribution in [0.1, 0.15) is 18.7 Å². The van der Waals surface area contributed by atoms with Gasteiger partial charge in [-0.05, 0) is 58.5 Å². The number of aromatic amines is 1. The van der Waals surface area contributed by atoms with Crippen LogP contribution in [0.3, 0.4) is 0 Å². The second-order valence-corrected chi connectivity index (χ2v) is 8.47. The first-order chi connectivity index (χ1) is 15.1. The van der Waals surface area contributed by atoms with E-state index in [1.165, 1.54) is 12.4 Å². The van der Waals surface area contributed by atoms with Gasteiger partial charge in [-0.15, -0.1) is 5.10 Å². The summed E-state index contributed by atoms with van der Waals surface area (Å²) in [5, 5.41) is 15.7. The highest BCUT2D eigenvalue weighted by molar-refractivity contribution is 6.42. The molecule has 1 aliphatic rings. The summed E-state index contributed by atoms with van der Waals surface area (Å²) in [5.74, 6) is 1.45. The lowest BCUT2D eigenvalue weighted by atomic mass is 9.93. The average Bonchev–Trinajstić information content (AvgIpc) is 3.29. The van der Waals surface area contributed by atoms with Crippen LogP contribution in [0, 0.1) is 11.7 Å². The maximum absolute atomic E-state index is 14.7. The molecule has 1 fully saturated rings. The molecule has 2 aromatic heterocycles. The number of tetrazole rings is 1. The Morgan fingerprint density at radius 1 is 1.13 bits per heavy atom. The van der Waals surface area contributed by atoms with Crippen molar-refractivity contribution >= 4 is 39.9 Å². The van der Waals surface area contributed by atoms with Crippen LogP contribution in [0.4, 0.5) is 10.2 Å². The van der Waals surface area contributed by atoms with E-state index in [-0.39, 0.29) is 11.3 Å². The van der Waals surface area contributed by atoms with Crippen LogP contribution < -0.4 is 4.90 Å². The summed E-state index contributed by atoms with van der Waals surface area (Å²) in [6.07, 6.45) is 4.23. The first kappa shape index (κ1) is 20.1. The topological polar surface area (TPSA) is 83.5 Å². The predicted molar refractivity (Wildman–Crippen MR) is 118 cm³/mol.